The van der Waals surface area contributed by atoms with Crippen LogP contribution < -0.4 is 0 Å². The first kappa shape index (κ1) is 10.1. The van der Waals surface area contributed by atoms with Crippen LogP contribution >= 0.6 is 0 Å². The van der Waals surface area contributed by atoms with Gasteiger partial charge < -0.3 is 0 Å². The summed E-state index contributed by atoms with van der Waals surface area (Å²) in [6.07, 6.45) is 5.80. The van der Waals surface area contributed by atoms with E-state index in [1.165, 1.54) is 18.5 Å². The average Bonchev–Trinajstić information content (AvgIpc) is 2.94. The number of H-pyrrole nitrogens is 2. The van der Waals surface area contributed by atoms with Crippen molar-refractivity contribution in [2.45, 2.75) is 18.8 Å². The second-order valence-corrected chi connectivity index (χ2v) is 5.06. The summed E-state index contributed by atoms with van der Waals surface area (Å²) in [5, 5.41) is 19.5. The first-order valence-electron chi connectivity index (χ1n) is 6.48. The van der Waals surface area contributed by atoms with Crippen molar-refractivity contribution < 1.29 is 0 Å². The number of hydrogen-bond donors (Lipinski definition) is 2. The number of aromatic amines is 2. The summed E-state index contributed by atoms with van der Waals surface area (Å²) in [6.45, 7) is 0. The van der Waals surface area contributed by atoms with Crippen LogP contribution in [0.4, 0.5) is 0 Å². The highest BCUT2D eigenvalue weighted by atomic mass is 15.3. The van der Waals surface area contributed by atoms with Crippen molar-refractivity contribution in [1.29, 1.82) is 0 Å². The fourth-order valence-corrected chi connectivity index (χ4v) is 2.40. The van der Waals surface area contributed by atoms with Crippen molar-refractivity contribution in [2.75, 3.05) is 0 Å². The number of hydrogen-bond acceptors (Lipinski definition) is 5. The molecular weight excluding hydrogens is 256 g/mol. The van der Waals surface area contributed by atoms with E-state index in [1.54, 1.807) is 17.0 Å². The van der Waals surface area contributed by atoms with Crippen LogP contribution in [0.15, 0.2) is 18.6 Å². The molecule has 1 aliphatic carbocycles. The number of nitrogens with zero attached hydrogens (tertiary/aromatic N) is 6. The Morgan fingerprint density at radius 1 is 1.25 bits per heavy atom. The highest BCUT2D eigenvalue weighted by Crippen LogP contribution is 2.39. The highest BCUT2D eigenvalue weighted by Gasteiger charge is 2.26. The van der Waals surface area contributed by atoms with Gasteiger partial charge >= 0.3 is 0 Å². The third-order valence-corrected chi connectivity index (χ3v) is 3.63. The Kier molecular flexibility index (Phi) is 1.72. The van der Waals surface area contributed by atoms with Gasteiger partial charge in [-0.25, -0.2) is 14.5 Å². The van der Waals surface area contributed by atoms with Gasteiger partial charge in [0, 0.05) is 11.6 Å². The summed E-state index contributed by atoms with van der Waals surface area (Å²) in [5.41, 5.74) is 3.38. The lowest BCUT2D eigenvalue weighted by atomic mass is 10.2. The first-order valence-corrected chi connectivity index (χ1v) is 6.48. The van der Waals surface area contributed by atoms with Crippen molar-refractivity contribution >= 4 is 16.7 Å². The molecule has 8 nitrogen and oxygen atoms in total. The molecule has 0 atom stereocenters. The molecule has 0 aliphatic heterocycles. The summed E-state index contributed by atoms with van der Waals surface area (Å²) >= 11 is 0. The topological polar surface area (TPSA) is 100 Å². The van der Waals surface area contributed by atoms with E-state index in [1.807, 2.05) is 6.07 Å². The number of fused-ring (bicyclic) bond motifs is 3. The van der Waals surface area contributed by atoms with Gasteiger partial charge in [0.2, 0.25) is 5.82 Å². The largest absolute Gasteiger partial charge is 0.282 e. The zero-order valence-corrected chi connectivity index (χ0v) is 10.4. The first-order chi connectivity index (χ1) is 9.88. The van der Waals surface area contributed by atoms with Crippen LogP contribution in [0.1, 0.15) is 24.5 Å². The van der Waals surface area contributed by atoms with Gasteiger partial charge in [-0.1, -0.05) is 0 Å². The maximum atomic E-state index is 4.55. The lowest BCUT2D eigenvalue weighted by Crippen LogP contribution is -1.89. The molecule has 20 heavy (non-hydrogen) atoms. The molecule has 0 saturated heterocycles. The van der Waals surface area contributed by atoms with Gasteiger partial charge in [0.25, 0.3) is 0 Å². The van der Waals surface area contributed by atoms with Gasteiger partial charge in [0.1, 0.15) is 12.0 Å². The third kappa shape index (κ3) is 1.33. The fourth-order valence-electron chi connectivity index (χ4n) is 2.40. The van der Waals surface area contributed by atoms with Gasteiger partial charge in [-0.05, 0) is 18.9 Å². The maximum Gasteiger partial charge on any atom is 0.202 e. The van der Waals surface area contributed by atoms with Crippen LogP contribution in [0, 0.1) is 0 Å². The fraction of sp³-hybridized carbons (Fsp3) is 0.250. The molecule has 0 radical (unpaired) electrons. The highest BCUT2D eigenvalue weighted by molar-refractivity contribution is 5.88. The lowest BCUT2D eigenvalue weighted by Gasteiger charge is -1.89. The number of rotatable bonds is 2. The lowest BCUT2D eigenvalue weighted by molar-refractivity contribution is 0.926. The van der Waals surface area contributed by atoms with E-state index >= 15 is 0 Å². The molecule has 0 unspecified atom stereocenters. The summed E-state index contributed by atoms with van der Waals surface area (Å²) in [4.78, 5) is 8.78. The molecule has 0 amide bonds. The Balaban J connectivity index is 1.70. The van der Waals surface area contributed by atoms with Crippen molar-refractivity contribution in [1.82, 2.24) is 40.0 Å². The normalized spacial score (nSPS) is 15.4. The van der Waals surface area contributed by atoms with Crippen LogP contribution in [0.3, 0.4) is 0 Å². The third-order valence-electron chi connectivity index (χ3n) is 3.63. The zero-order chi connectivity index (χ0) is 13.1. The van der Waals surface area contributed by atoms with Crippen LogP contribution in [-0.2, 0) is 0 Å². The molecule has 98 valence electrons. The number of nitrogens with one attached hydrogen (secondary N) is 2. The van der Waals surface area contributed by atoms with Crippen LogP contribution in [0.25, 0.3) is 28.2 Å². The molecule has 0 bridgehead atoms. The molecule has 1 saturated carbocycles. The Morgan fingerprint density at radius 2 is 2.20 bits per heavy atom. The molecule has 0 spiro atoms. The molecule has 4 aromatic heterocycles. The van der Waals surface area contributed by atoms with E-state index in [-0.39, 0.29) is 0 Å². The smallest absolute Gasteiger partial charge is 0.202 e. The molecule has 0 aromatic carbocycles. The molecule has 8 heteroatoms. The summed E-state index contributed by atoms with van der Waals surface area (Å²) < 4.78 is 1.65. The Hall–Kier alpha value is -2.77. The molecular formula is C12H10N8. The van der Waals surface area contributed by atoms with Crippen LogP contribution in [0.5, 0.6) is 0 Å². The zero-order valence-electron chi connectivity index (χ0n) is 10.4. The van der Waals surface area contributed by atoms with Gasteiger partial charge in [-0.3, -0.25) is 10.2 Å². The molecule has 1 aliphatic rings. The molecule has 4 heterocycles. The van der Waals surface area contributed by atoms with Gasteiger partial charge in [-0.15, -0.1) is 5.10 Å². The van der Waals surface area contributed by atoms with E-state index in [4.69, 9.17) is 0 Å². The monoisotopic (exact) mass is 266 g/mol. The van der Waals surface area contributed by atoms with E-state index in [2.05, 4.69) is 35.5 Å². The second kappa shape index (κ2) is 3.41. The van der Waals surface area contributed by atoms with Crippen LogP contribution in [-0.4, -0.2) is 40.0 Å². The standard InChI is InChI=1S/C12H10N8/c1-2-6(1)8-3-9(17-16-8)11-15-12-7-4-14-18-10(7)13-5-20(12)19-11/h3-6H,1-2H2,(H,14,18)(H,16,17). The number of aromatic nitrogens is 8. The van der Waals surface area contributed by atoms with E-state index < -0.39 is 0 Å². The Morgan fingerprint density at radius 3 is 3.10 bits per heavy atom. The average molecular weight is 266 g/mol. The predicted octanol–water partition coefficient (Wildman–Crippen LogP) is 1.27. The minimum atomic E-state index is 0.601. The van der Waals surface area contributed by atoms with Gasteiger partial charge in [0.15, 0.2) is 11.3 Å². The van der Waals surface area contributed by atoms with Crippen LogP contribution in [0.2, 0.25) is 0 Å². The Bertz CT molecular complexity index is 925. The van der Waals surface area contributed by atoms with Crippen molar-refractivity contribution in [3.8, 4) is 11.5 Å². The van der Waals surface area contributed by atoms with Crippen molar-refractivity contribution in [3.05, 3.63) is 24.3 Å². The quantitative estimate of drug-likeness (QED) is 0.569. The van der Waals surface area contributed by atoms with E-state index in [9.17, 15) is 0 Å². The SMILES string of the molecule is c1c(-c2nc3c4cn[nH]c4ncn3n2)n[nH]c1C1CC1. The Labute approximate surface area is 112 Å². The van der Waals surface area contributed by atoms with Crippen molar-refractivity contribution in [3.63, 3.8) is 0 Å². The summed E-state index contributed by atoms with van der Waals surface area (Å²) in [6, 6.07) is 2.03. The summed E-state index contributed by atoms with van der Waals surface area (Å²) in [5.74, 6) is 1.24. The molecule has 5 rings (SSSR count). The minimum absolute atomic E-state index is 0.601. The summed E-state index contributed by atoms with van der Waals surface area (Å²) in [7, 11) is 0. The molecule has 2 N–H and O–H groups in total. The molecule has 4 aromatic rings. The van der Waals surface area contributed by atoms with Gasteiger partial charge in [0.05, 0.1) is 11.6 Å². The predicted molar refractivity (Wildman–Crippen MR) is 70.0 cm³/mol. The van der Waals surface area contributed by atoms with Gasteiger partial charge in [-0.2, -0.15) is 10.2 Å². The maximum absolute atomic E-state index is 4.55. The second-order valence-electron chi connectivity index (χ2n) is 5.06. The van der Waals surface area contributed by atoms with Crippen molar-refractivity contribution in [2.24, 2.45) is 0 Å². The van der Waals surface area contributed by atoms with E-state index in [0.717, 1.165) is 16.7 Å². The molecule has 1 fully saturated rings. The van der Waals surface area contributed by atoms with E-state index in [0.29, 0.717) is 17.4 Å². The minimum Gasteiger partial charge on any atom is -0.282 e.